The number of halogens is 5. The van der Waals surface area contributed by atoms with Crippen LogP contribution in [-0.4, -0.2) is 13.3 Å². The van der Waals surface area contributed by atoms with Crippen molar-refractivity contribution in [3.8, 4) is 5.75 Å². The van der Waals surface area contributed by atoms with E-state index in [2.05, 4.69) is 11.7 Å². The van der Waals surface area contributed by atoms with Gasteiger partial charge in [0, 0.05) is 6.07 Å². The van der Waals surface area contributed by atoms with Crippen LogP contribution in [0.3, 0.4) is 0 Å². The van der Waals surface area contributed by atoms with Gasteiger partial charge < -0.3 is 4.74 Å². The molecule has 0 radical (unpaired) electrons. The number of hydrogen-bond acceptors (Lipinski definition) is 1. The van der Waals surface area contributed by atoms with Gasteiger partial charge in [0.2, 0.25) is 0 Å². The number of ether oxygens (including phenoxy) is 1. The zero-order valence-electron chi connectivity index (χ0n) is 13.9. The molecule has 2 rings (SSSR count). The summed E-state index contributed by atoms with van der Waals surface area (Å²) in [4.78, 5) is 0. The molecule has 0 atom stereocenters. The van der Waals surface area contributed by atoms with Crippen molar-refractivity contribution in [1.82, 2.24) is 0 Å². The molecule has 0 saturated heterocycles. The molecule has 6 heteroatoms. The van der Waals surface area contributed by atoms with E-state index in [0.29, 0.717) is 12.0 Å². The van der Waals surface area contributed by atoms with E-state index in [0.717, 1.165) is 24.5 Å². The zero-order chi connectivity index (χ0) is 17.9. The van der Waals surface area contributed by atoms with E-state index >= 15 is 0 Å². The van der Waals surface area contributed by atoms with Crippen molar-refractivity contribution >= 4 is 0 Å². The highest BCUT2D eigenvalue weighted by atomic mass is 19.3. The van der Waals surface area contributed by atoms with Crippen LogP contribution in [0.5, 0.6) is 5.75 Å². The first kappa shape index (κ1) is 20.7. The van der Waals surface area contributed by atoms with Crippen LogP contribution in [0.4, 0.5) is 22.0 Å². The third-order valence-corrected chi connectivity index (χ3v) is 4.29. The van der Waals surface area contributed by atoms with E-state index in [4.69, 9.17) is 0 Å². The second-order valence-electron chi connectivity index (χ2n) is 6.11. The Morgan fingerprint density at radius 3 is 2.08 bits per heavy atom. The summed E-state index contributed by atoms with van der Waals surface area (Å²) in [6, 6.07) is 2.11. The number of alkyl halides is 3. The fourth-order valence-corrected chi connectivity index (χ4v) is 3.04. The van der Waals surface area contributed by atoms with Gasteiger partial charge in [0.05, 0.1) is 6.67 Å². The van der Waals surface area contributed by atoms with Crippen LogP contribution in [0.15, 0.2) is 18.2 Å². The van der Waals surface area contributed by atoms with E-state index in [1.807, 2.05) is 0 Å². The van der Waals surface area contributed by atoms with Crippen LogP contribution in [0.25, 0.3) is 0 Å². The van der Waals surface area contributed by atoms with E-state index in [1.54, 1.807) is 0 Å². The normalized spacial score (nSPS) is 20.5. The summed E-state index contributed by atoms with van der Waals surface area (Å²) in [5, 5.41) is 0. The minimum atomic E-state index is -3.11. The Morgan fingerprint density at radius 1 is 1.04 bits per heavy atom. The predicted molar refractivity (Wildman–Crippen MR) is 83.9 cm³/mol. The Hall–Kier alpha value is -1.33. The van der Waals surface area contributed by atoms with Crippen LogP contribution >= 0.6 is 0 Å². The van der Waals surface area contributed by atoms with Gasteiger partial charge in [0.1, 0.15) is 5.82 Å². The molecular weight excluding hydrogens is 327 g/mol. The van der Waals surface area contributed by atoms with Crippen molar-refractivity contribution in [3.05, 3.63) is 29.8 Å². The molecule has 1 saturated carbocycles. The Balaban J connectivity index is 0.000000240. The topological polar surface area (TPSA) is 9.23 Å². The number of hydrogen-bond donors (Lipinski definition) is 0. The highest BCUT2D eigenvalue weighted by molar-refractivity contribution is 5.24. The molecule has 24 heavy (non-hydrogen) atoms. The lowest BCUT2D eigenvalue weighted by atomic mass is 9.79. The molecule has 0 spiro atoms. The number of benzene rings is 1. The zero-order valence-corrected chi connectivity index (χ0v) is 13.9. The van der Waals surface area contributed by atoms with Gasteiger partial charge in [-0.3, -0.25) is 4.39 Å². The van der Waals surface area contributed by atoms with Crippen molar-refractivity contribution in [2.75, 3.05) is 6.67 Å². The second kappa shape index (κ2) is 11.3. The third-order valence-electron chi connectivity index (χ3n) is 4.29. The first-order valence-corrected chi connectivity index (χ1v) is 8.42. The molecule has 0 aliphatic heterocycles. The minimum Gasteiger partial charge on any atom is -0.432 e. The van der Waals surface area contributed by atoms with Crippen LogP contribution in [0.1, 0.15) is 51.9 Å². The lowest BCUT2D eigenvalue weighted by Gasteiger charge is -2.27. The summed E-state index contributed by atoms with van der Waals surface area (Å²) in [6.45, 7) is -0.957. The van der Waals surface area contributed by atoms with Crippen molar-refractivity contribution in [2.24, 2.45) is 11.8 Å². The fourth-order valence-electron chi connectivity index (χ4n) is 3.04. The highest BCUT2D eigenvalue weighted by Gasteiger charge is 2.19. The lowest BCUT2D eigenvalue weighted by molar-refractivity contribution is -0.0522. The van der Waals surface area contributed by atoms with Crippen LogP contribution < -0.4 is 4.74 Å². The molecule has 0 N–H and O–H groups in total. The fraction of sp³-hybridized carbons (Fsp3) is 0.667. The molecular formula is C18H25F5O. The maximum Gasteiger partial charge on any atom is 0.387 e. The first-order valence-electron chi connectivity index (χ1n) is 8.42. The summed E-state index contributed by atoms with van der Waals surface area (Å²) in [5.74, 6) is -0.968. The summed E-state index contributed by atoms with van der Waals surface area (Å²) in [6.07, 6.45) is 8.82. The van der Waals surface area contributed by atoms with Crippen molar-refractivity contribution < 1.29 is 26.7 Å². The molecule has 138 valence electrons. The number of rotatable bonds is 6. The Morgan fingerprint density at radius 2 is 1.62 bits per heavy atom. The van der Waals surface area contributed by atoms with Crippen LogP contribution in [0, 0.1) is 23.5 Å². The quantitative estimate of drug-likeness (QED) is 0.530. The average molecular weight is 352 g/mol. The largest absolute Gasteiger partial charge is 0.432 e. The van der Waals surface area contributed by atoms with Crippen LogP contribution in [-0.2, 0) is 0 Å². The Kier molecular flexibility index (Phi) is 9.72. The van der Waals surface area contributed by atoms with Crippen molar-refractivity contribution in [3.63, 3.8) is 0 Å². The minimum absolute atomic E-state index is 0.108. The molecule has 0 unspecified atom stereocenters. The van der Waals surface area contributed by atoms with Crippen molar-refractivity contribution in [2.45, 2.75) is 58.5 Å². The van der Waals surface area contributed by atoms with Crippen LogP contribution in [0.2, 0.25) is 0 Å². The summed E-state index contributed by atoms with van der Waals surface area (Å²) in [7, 11) is 0. The standard InChI is InChI=1S/C11H21F.C7H4F4O/c1-2-3-10-4-6-11(7-5-10)8-9-12;8-4-1-2-6(5(9)3-4)12-7(10)11/h10-11H,2-9H2,1H3;1-3,7H. The SMILES string of the molecule is CCCC1CCC(CCF)CC1.Fc1ccc(OC(F)F)c(F)c1. The molecule has 1 nitrogen and oxygen atoms in total. The predicted octanol–water partition coefficient (Wildman–Crippen LogP) is 6.52. The van der Waals surface area contributed by atoms with E-state index in [-0.39, 0.29) is 6.67 Å². The molecule has 0 bridgehead atoms. The highest BCUT2D eigenvalue weighted by Crippen LogP contribution is 2.33. The summed E-state index contributed by atoms with van der Waals surface area (Å²) in [5.41, 5.74) is 0. The van der Waals surface area contributed by atoms with E-state index in [1.165, 1.54) is 38.5 Å². The first-order chi connectivity index (χ1) is 11.5. The lowest BCUT2D eigenvalue weighted by Crippen LogP contribution is -2.14. The van der Waals surface area contributed by atoms with Gasteiger partial charge in [-0.05, 0) is 30.4 Å². The Bertz CT molecular complexity index is 445. The Labute approximate surface area is 140 Å². The van der Waals surface area contributed by atoms with Crippen molar-refractivity contribution in [1.29, 1.82) is 0 Å². The molecule has 0 amide bonds. The van der Waals surface area contributed by atoms with Gasteiger partial charge >= 0.3 is 6.61 Å². The van der Waals surface area contributed by atoms with Gasteiger partial charge in [-0.1, -0.05) is 45.4 Å². The molecule has 1 aliphatic carbocycles. The summed E-state index contributed by atoms with van der Waals surface area (Å²) >= 11 is 0. The third kappa shape index (κ3) is 7.97. The maximum atomic E-state index is 12.5. The van der Waals surface area contributed by atoms with Gasteiger partial charge in [-0.2, -0.15) is 8.78 Å². The van der Waals surface area contributed by atoms with Gasteiger partial charge in [0.25, 0.3) is 0 Å². The summed E-state index contributed by atoms with van der Waals surface area (Å²) < 4.78 is 63.5. The smallest absolute Gasteiger partial charge is 0.387 e. The average Bonchev–Trinajstić information content (AvgIpc) is 2.53. The molecule has 0 heterocycles. The molecule has 1 aromatic rings. The molecule has 0 aromatic heterocycles. The monoisotopic (exact) mass is 352 g/mol. The van der Waals surface area contributed by atoms with Gasteiger partial charge in [-0.15, -0.1) is 0 Å². The van der Waals surface area contributed by atoms with E-state index in [9.17, 15) is 22.0 Å². The van der Waals surface area contributed by atoms with Gasteiger partial charge in [-0.25, -0.2) is 8.78 Å². The molecule has 1 fully saturated rings. The van der Waals surface area contributed by atoms with Gasteiger partial charge in [0.15, 0.2) is 11.6 Å². The second-order valence-corrected chi connectivity index (χ2v) is 6.11. The van der Waals surface area contributed by atoms with E-state index < -0.39 is 24.0 Å². The maximum absolute atomic E-state index is 12.5. The molecule has 1 aromatic carbocycles. The molecule has 1 aliphatic rings.